The fraction of sp³-hybridized carbons (Fsp3) is 0.923. The molecule has 2 amide bonds. The summed E-state index contributed by atoms with van der Waals surface area (Å²) in [7, 11) is 3.40. The van der Waals surface area contributed by atoms with Gasteiger partial charge in [0.1, 0.15) is 0 Å². The van der Waals surface area contributed by atoms with Crippen molar-refractivity contribution in [3.8, 4) is 0 Å². The van der Waals surface area contributed by atoms with Gasteiger partial charge in [-0.1, -0.05) is 0 Å². The van der Waals surface area contributed by atoms with Gasteiger partial charge >= 0.3 is 6.03 Å². The first-order chi connectivity index (χ1) is 8.77. The third-order valence-electron chi connectivity index (χ3n) is 3.96. The molecule has 0 radical (unpaired) electrons. The SMILES string of the molecule is COCC1CCCN1C(=O)N1CCCC1COC. The second-order valence-electron chi connectivity index (χ2n) is 5.17. The lowest BCUT2D eigenvalue weighted by Gasteiger charge is -2.32. The third kappa shape index (κ3) is 2.78. The summed E-state index contributed by atoms with van der Waals surface area (Å²) in [6.07, 6.45) is 4.29. The molecule has 0 aromatic rings. The van der Waals surface area contributed by atoms with Crippen LogP contribution < -0.4 is 0 Å². The van der Waals surface area contributed by atoms with Gasteiger partial charge in [0.25, 0.3) is 0 Å². The number of amides is 2. The van der Waals surface area contributed by atoms with Crippen LogP contribution in [-0.4, -0.2) is 68.4 Å². The molecule has 0 spiro atoms. The number of urea groups is 1. The standard InChI is InChI=1S/C13H24N2O3/c1-17-9-11-5-3-7-14(11)13(16)15-8-4-6-12(15)10-18-2/h11-12H,3-10H2,1-2H3. The molecule has 2 heterocycles. The Bertz CT molecular complexity index is 259. The monoisotopic (exact) mass is 256 g/mol. The van der Waals surface area contributed by atoms with E-state index in [2.05, 4.69) is 0 Å². The second kappa shape index (κ2) is 6.38. The fourth-order valence-electron chi connectivity index (χ4n) is 3.07. The van der Waals surface area contributed by atoms with E-state index in [1.54, 1.807) is 14.2 Å². The van der Waals surface area contributed by atoms with Gasteiger partial charge in [-0.2, -0.15) is 0 Å². The lowest BCUT2D eigenvalue weighted by Crippen LogP contribution is -2.49. The molecular formula is C13H24N2O3. The molecule has 104 valence electrons. The van der Waals surface area contributed by atoms with Crippen molar-refractivity contribution in [1.29, 1.82) is 0 Å². The molecule has 5 nitrogen and oxygen atoms in total. The van der Waals surface area contributed by atoms with Gasteiger partial charge in [-0.05, 0) is 25.7 Å². The second-order valence-corrected chi connectivity index (χ2v) is 5.17. The largest absolute Gasteiger partial charge is 0.383 e. The molecule has 0 aromatic carbocycles. The normalized spacial score (nSPS) is 28.1. The Labute approximate surface area is 109 Å². The Balaban J connectivity index is 1.97. The Morgan fingerprint density at radius 1 is 1.00 bits per heavy atom. The minimum Gasteiger partial charge on any atom is -0.383 e. The molecule has 2 saturated heterocycles. The minimum absolute atomic E-state index is 0.175. The van der Waals surface area contributed by atoms with Crippen LogP contribution in [0.3, 0.4) is 0 Å². The van der Waals surface area contributed by atoms with Crippen LogP contribution in [0.2, 0.25) is 0 Å². The average Bonchev–Trinajstić information content (AvgIpc) is 2.98. The van der Waals surface area contributed by atoms with Crippen molar-refractivity contribution in [3.05, 3.63) is 0 Å². The van der Waals surface area contributed by atoms with Crippen LogP contribution in [-0.2, 0) is 9.47 Å². The van der Waals surface area contributed by atoms with E-state index in [9.17, 15) is 4.79 Å². The Morgan fingerprint density at radius 2 is 1.44 bits per heavy atom. The Hall–Kier alpha value is -0.810. The highest BCUT2D eigenvalue weighted by Gasteiger charge is 2.36. The van der Waals surface area contributed by atoms with Crippen LogP contribution in [0, 0.1) is 0 Å². The van der Waals surface area contributed by atoms with Crippen molar-refractivity contribution in [2.45, 2.75) is 37.8 Å². The number of carbonyl (C=O) groups is 1. The van der Waals surface area contributed by atoms with Crippen molar-refractivity contribution in [2.24, 2.45) is 0 Å². The molecule has 5 heteroatoms. The third-order valence-corrected chi connectivity index (χ3v) is 3.96. The van der Waals surface area contributed by atoms with E-state index in [4.69, 9.17) is 9.47 Å². The van der Waals surface area contributed by atoms with Gasteiger partial charge in [-0.15, -0.1) is 0 Å². The maximum absolute atomic E-state index is 12.6. The summed E-state index contributed by atoms with van der Waals surface area (Å²) < 4.78 is 10.4. The van der Waals surface area contributed by atoms with E-state index in [-0.39, 0.29) is 18.1 Å². The molecule has 0 bridgehead atoms. The van der Waals surface area contributed by atoms with E-state index < -0.39 is 0 Å². The molecule has 2 fully saturated rings. The molecule has 2 atom stereocenters. The van der Waals surface area contributed by atoms with E-state index in [0.717, 1.165) is 38.8 Å². The van der Waals surface area contributed by atoms with Gasteiger partial charge in [-0.3, -0.25) is 0 Å². The molecular weight excluding hydrogens is 232 g/mol. The van der Waals surface area contributed by atoms with Crippen LogP contribution >= 0.6 is 0 Å². The first-order valence-corrected chi connectivity index (χ1v) is 6.83. The predicted octanol–water partition coefficient (Wildman–Crippen LogP) is 1.33. The zero-order valence-corrected chi connectivity index (χ0v) is 11.4. The average molecular weight is 256 g/mol. The van der Waals surface area contributed by atoms with Gasteiger partial charge in [0.05, 0.1) is 25.3 Å². The summed E-state index contributed by atoms with van der Waals surface area (Å²) in [5.41, 5.74) is 0. The van der Waals surface area contributed by atoms with Gasteiger partial charge in [0.2, 0.25) is 0 Å². The summed E-state index contributed by atoms with van der Waals surface area (Å²) in [4.78, 5) is 16.5. The number of likely N-dealkylation sites (tertiary alicyclic amines) is 2. The summed E-state index contributed by atoms with van der Waals surface area (Å²) in [5.74, 6) is 0. The van der Waals surface area contributed by atoms with Gasteiger partial charge in [-0.25, -0.2) is 4.79 Å². The zero-order chi connectivity index (χ0) is 13.0. The van der Waals surface area contributed by atoms with Crippen LogP contribution in [0.25, 0.3) is 0 Å². The van der Waals surface area contributed by atoms with E-state index in [1.807, 2.05) is 9.80 Å². The highest BCUT2D eigenvalue weighted by molar-refractivity contribution is 5.75. The topological polar surface area (TPSA) is 42.0 Å². The predicted molar refractivity (Wildman–Crippen MR) is 68.6 cm³/mol. The Kier molecular flexibility index (Phi) is 4.83. The molecule has 0 aromatic heterocycles. The van der Waals surface area contributed by atoms with Crippen LogP contribution in [0.15, 0.2) is 0 Å². The number of rotatable bonds is 4. The maximum atomic E-state index is 12.6. The first kappa shape index (κ1) is 13.6. The first-order valence-electron chi connectivity index (χ1n) is 6.83. The van der Waals surface area contributed by atoms with Crippen LogP contribution in [0.1, 0.15) is 25.7 Å². The maximum Gasteiger partial charge on any atom is 0.320 e. The Morgan fingerprint density at radius 3 is 1.83 bits per heavy atom. The van der Waals surface area contributed by atoms with Crippen LogP contribution in [0.4, 0.5) is 4.79 Å². The minimum atomic E-state index is 0.175. The van der Waals surface area contributed by atoms with Crippen molar-refractivity contribution in [3.63, 3.8) is 0 Å². The number of methoxy groups -OCH3 is 2. The molecule has 2 aliphatic rings. The number of hydrogen-bond acceptors (Lipinski definition) is 3. The van der Waals surface area contributed by atoms with E-state index in [0.29, 0.717) is 13.2 Å². The smallest absolute Gasteiger partial charge is 0.320 e. The molecule has 18 heavy (non-hydrogen) atoms. The number of ether oxygens (including phenoxy) is 2. The molecule has 0 N–H and O–H groups in total. The number of hydrogen-bond donors (Lipinski definition) is 0. The van der Waals surface area contributed by atoms with Crippen molar-refractivity contribution in [1.82, 2.24) is 9.80 Å². The van der Waals surface area contributed by atoms with E-state index in [1.165, 1.54) is 0 Å². The molecule has 0 saturated carbocycles. The lowest BCUT2D eigenvalue weighted by molar-refractivity contribution is 0.0850. The van der Waals surface area contributed by atoms with Crippen molar-refractivity contribution >= 4 is 6.03 Å². The quantitative estimate of drug-likeness (QED) is 0.762. The van der Waals surface area contributed by atoms with Crippen LogP contribution in [0.5, 0.6) is 0 Å². The van der Waals surface area contributed by atoms with Gasteiger partial charge in [0.15, 0.2) is 0 Å². The van der Waals surface area contributed by atoms with Gasteiger partial charge < -0.3 is 19.3 Å². The molecule has 2 unspecified atom stereocenters. The number of carbonyl (C=O) groups excluding carboxylic acids is 1. The highest BCUT2D eigenvalue weighted by atomic mass is 16.5. The number of nitrogens with zero attached hydrogens (tertiary/aromatic N) is 2. The van der Waals surface area contributed by atoms with Crippen molar-refractivity contribution < 1.29 is 14.3 Å². The highest BCUT2D eigenvalue weighted by Crippen LogP contribution is 2.24. The fourth-order valence-corrected chi connectivity index (χ4v) is 3.07. The van der Waals surface area contributed by atoms with Crippen molar-refractivity contribution in [2.75, 3.05) is 40.5 Å². The summed E-state index contributed by atoms with van der Waals surface area (Å²) in [6.45, 7) is 3.02. The summed E-state index contributed by atoms with van der Waals surface area (Å²) in [5, 5.41) is 0. The molecule has 0 aliphatic carbocycles. The van der Waals surface area contributed by atoms with Gasteiger partial charge in [0, 0.05) is 27.3 Å². The summed E-state index contributed by atoms with van der Waals surface area (Å²) in [6, 6.07) is 0.687. The zero-order valence-electron chi connectivity index (χ0n) is 11.4. The summed E-state index contributed by atoms with van der Waals surface area (Å²) >= 11 is 0. The molecule has 2 aliphatic heterocycles. The lowest BCUT2D eigenvalue weighted by atomic mass is 10.2. The molecule has 2 rings (SSSR count). The van der Waals surface area contributed by atoms with E-state index >= 15 is 0 Å².